The van der Waals surface area contributed by atoms with E-state index in [9.17, 15) is 4.79 Å². The van der Waals surface area contributed by atoms with Crippen LogP contribution in [0, 0.1) is 5.92 Å². The van der Waals surface area contributed by atoms with Gasteiger partial charge in [0.2, 0.25) is 0 Å². The van der Waals surface area contributed by atoms with E-state index in [2.05, 4.69) is 13.8 Å². The number of rotatable bonds is 4. The van der Waals surface area contributed by atoms with Crippen molar-refractivity contribution in [3.05, 3.63) is 69.2 Å². The Morgan fingerprint density at radius 3 is 2.50 bits per heavy atom. The lowest BCUT2D eigenvalue weighted by Gasteiger charge is -2.08. The van der Waals surface area contributed by atoms with Crippen LogP contribution in [-0.2, 0) is 6.42 Å². The van der Waals surface area contributed by atoms with Gasteiger partial charge in [-0.3, -0.25) is 4.79 Å². The van der Waals surface area contributed by atoms with E-state index in [-0.39, 0.29) is 5.78 Å². The Morgan fingerprint density at radius 2 is 1.80 bits per heavy atom. The monoisotopic (exact) mass is 306 g/mol. The van der Waals surface area contributed by atoms with Crippen molar-refractivity contribution in [3.63, 3.8) is 0 Å². The molecule has 1 nitrogen and oxygen atoms in total. The van der Waals surface area contributed by atoms with Crippen LogP contribution in [0.4, 0.5) is 0 Å². The summed E-state index contributed by atoms with van der Waals surface area (Å²) < 4.78 is 0. The van der Waals surface area contributed by atoms with Gasteiger partial charge in [0.25, 0.3) is 0 Å². The SMILES string of the molecule is CC(C)Cc1cccc(C(=O)c2cccc(Cl)c2Cl)c1. The Hall–Kier alpha value is -1.31. The highest BCUT2D eigenvalue weighted by Gasteiger charge is 2.15. The zero-order chi connectivity index (χ0) is 14.7. The molecule has 104 valence electrons. The first-order chi connectivity index (χ1) is 9.49. The lowest BCUT2D eigenvalue weighted by Crippen LogP contribution is -2.04. The lowest BCUT2D eigenvalue weighted by molar-refractivity contribution is 0.103. The molecule has 0 saturated carbocycles. The van der Waals surface area contributed by atoms with E-state index < -0.39 is 0 Å². The third kappa shape index (κ3) is 3.41. The minimum Gasteiger partial charge on any atom is -0.289 e. The van der Waals surface area contributed by atoms with Crippen molar-refractivity contribution in [1.82, 2.24) is 0 Å². The molecule has 0 N–H and O–H groups in total. The van der Waals surface area contributed by atoms with Crippen LogP contribution >= 0.6 is 23.2 Å². The van der Waals surface area contributed by atoms with Crippen LogP contribution < -0.4 is 0 Å². The third-order valence-electron chi connectivity index (χ3n) is 3.03. The predicted molar refractivity (Wildman–Crippen MR) is 84.9 cm³/mol. The van der Waals surface area contributed by atoms with Crippen LogP contribution in [0.15, 0.2) is 42.5 Å². The number of carbonyl (C=O) groups is 1. The van der Waals surface area contributed by atoms with Gasteiger partial charge < -0.3 is 0 Å². The van der Waals surface area contributed by atoms with E-state index in [1.54, 1.807) is 18.2 Å². The standard InChI is InChI=1S/C17H16Cl2O/c1-11(2)9-12-5-3-6-13(10-12)17(20)14-7-4-8-15(18)16(14)19/h3-8,10-11H,9H2,1-2H3. The molecule has 0 aliphatic rings. The van der Waals surface area contributed by atoms with Gasteiger partial charge in [-0.25, -0.2) is 0 Å². The maximum absolute atomic E-state index is 12.5. The Bertz CT molecular complexity index is 633. The second-order valence-electron chi connectivity index (χ2n) is 5.23. The Morgan fingerprint density at radius 1 is 1.10 bits per heavy atom. The molecule has 3 heteroatoms. The molecule has 2 rings (SSSR count). The van der Waals surface area contributed by atoms with Gasteiger partial charge in [0.05, 0.1) is 10.0 Å². The highest BCUT2D eigenvalue weighted by Crippen LogP contribution is 2.27. The predicted octanol–water partition coefficient (Wildman–Crippen LogP) is 5.42. The molecule has 0 aliphatic heterocycles. The number of ketones is 1. The highest BCUT2D eigenvalue weighted by atomic mass is 35.5. The molecule has 0 aromatic heterocycles. The second-order valence-corrected chi connectivity index (χ2v) is 6.01. The number of halogens is 2. The summed E-state index contributed by atoms with van der Waals surface area (Å²) in [6.07, 6.45) is 0.949. The molecule has 2 aromatic carbocycles. The summed E-state index contributed by atoms with van der Waals surface area (Å²) in [5, 5.41) is 0.712. The van der Waals surface area contributed by atoms with E-state index in [1.165, 1.54) is 0 Å². The molecule has 0 radical (unpaired) electrons. The number of hydrogen-bond donors (Lipinski definition) is 0. The minimum atomic E-state index is -0.0943. The van der Waals surface area contributed by atoms with Crippen LogP contribution in [0.1, 0.15) is 35.3 Å². The average molecular weight is 307 g/mol. The molecule has 0 spiro atoms. The summed E-state index contributed by atoms with van der Waals surface area (Å²) >= 11 is 12.1. The van der Waals surface area contributed by atoms with Crippen LogP contribution in [0.3, 0.4) is 0 Å². The highest BCUT2D eigenvalue weighted by molar-refractivity contribution is 6.44. The van der Waals surface area contributed by atoms with Gasteiger partial charge in [0.1, 0.15) is 0 Å². The fraction of sp³-hybridized carbons (Fsp3) is 0.235. The Labute approximate surface area is 129 Å². The van der Waals surface area contributed by atoms with Gasteiger partial charge >= 0.3 is 0 Å². The first kappa shape index (κ1) is 15.1. The molecular formula is C17H16Cl2O. The van der Waals surface area contributed by atoms with Gasteiger partial charge in [-0.1, -0.05) is 61.3 Å². The first-order valence-electron chi connectivity index (χ1n) is 6.56. The molecule has 2 aromatic rings. The maximum atomic E-state index is 12.5. The lowest BCUT2D eigenvalue weighted by atomic mass is 9.97. The van der Waals surface area contributed by atoms with Gasteiger partial charge in [-0.2, -0.15) is 0 Å². The van der Waals surface area contributed by atoms with E-state index in [0.717, 1.165) is 12.0 Å². The molecule has 0 saturated heterocycles. The summed E-state index contributed by atoms with van der Waals surface area (Å²) in [4.78, 5) is 12.5. The summed E-state index contributed by atoms with van der Waals surface area (Å²) in [5.74, 6) is 0.457. The number of benzene rings is 2. The van der Waals surface area contributed by atoms with Crippen LogP contribution in [0.25, 0.3) is 0 Å². The number of carbonyl (C=O) groups excluding carboxylic acids is 1. The molecule has 0 aliphatic carbocycles. The molecule has 0 atom stereocenters. The Kier molecular flexibility index (Phi) is 4.85. The third-order valence-corrected chi connectivity index (χ3v) is 3.85. The van der Waals surface area contributed by atoms with Gasteiger partial charge in [-0.15, -0.1) is 0 Å². The second kappa shape index (κ2) is 6.43. The molecule has 0 fully saturated rings. The van der Waals surface area contributed by atoms with Crippen molar-refractivity contribution < 1.29 is 4.79 Å². The molecule has 0 bridgehead atoms. The number of hydrogen-bond acceptors (Lipinski definition) is 1. The first-order valence-corrected chi connectivity index (χ1v) is 7.32. The molecule has 20 heavy (non-hydrogen) atoms. The summed E-state index contributed by atoms with van der Waals surface area (Å²) in [6, 6.07) is 12.8. The summed E-state index contributed by atoms with van der Waals surface area (Å²) in [5.41, 5.74) is 2.25. The quantitative estimate of drug-likeness (QED) is 0.689. The minimum absolute atomic E-state index is 0.0943. The van der Waals surface area contributed by atoms with E-state index >= 15 is 0 Å². The van der Waals surface area contributed by atoms with Crippen LogP contribution in [-0.4, -0.2) is 5.78 Å². The van der Waals surface area contributed by atoms with Crippen molar-refractivity contribution in [2.75, 3.05) is 0 Å². The largest absolute Gasteiger partial charge is 0.289 e. The zero-order valence-electron chi connectivity index (χ0n) is 11.5. The zero-order valence-corrected chi connectivity index (χ0v) is 13.0. The molecular weight excluding hydrogens is 291 g/mol. The Balaban J connectivity index is 2.36. The van der Waals surface area contributed by atoms with E-state index in [0.29, 0.717) is 27.1 Å². The van der Waals surface area contributed by atoms with Crippen molar-refractivity contribution in [1.29, 1.82) is 0 Å². The van der Waals surface area contributed by atoms with Crippen molar-refractivity contribution >= 4 is 29.0 Å². The van der Waals surface area contributed by atoms with E-state index in [1.807, 2.05) is 24.3 Å². The van der Waals surface area contributed by atoms with Gasteiger partial charge in [0.15, 0.2) is 5.78 Å². The molecule has 0 heterocycles. The molecule has 0 amide bonds. The van der Waals surface area contributed by atoms with Crippen molar-refractivity contribution in [2.24, 2.45) is 5.92 Å². The summed E-state index contributed by atoms with van der Waals surface area (Å²) in [6.45, 7) is 4.31. The molecule has 0 unspecified atom stereocenters. The van der Waals surface area contributed by atoms with E-state index in [4.69, 9.17) is 23.2 Å². The van der Waals surface area contributed by atoms with Gasteiger partial charge in [0, 0.05) is 11.1 Å². The topological polar surface area (TPSA) is 17.1 Å². The fourth-order valence-corrected chi connectivity index (χ4v) is 2.53. The smallest absolute Gasteiger partial charge is 0.194 e. The fourth-order valence-electron chi connectivity index (χ4n) is 2.15. The summed E-state index contributed by atoms with van der Waals surface area (Å²) in [7, 11) is 0. The van der Waals surface area contributed by atoms with Gasteiger partial charge in [-0.05, 0) is 36.1 Å². The van der Waals surface area contributed by atoms with Crippen molar-refractivity contribution in [2.45, 2.75) is 20.3 Å². The van der Waals surface area contributed by atoms with Crippen LogP contribution in [0.5, 0.6) is 0 Å². The normalized spacial score (nSPS) is 10.8. The maximum Gasteiger partial charge on any atom is 0.194 e. The average Bonchev–Trinajstić information content (AvgIpc) is 2.41. The van der Waals surface area contributed by atoms with Crippen molar-refractivity contribution in [3.8, 4) is 0 Å². The van der Waals surface area contributed by atoms with Crippen LogP contribution in [0.2, 0.25) is 10.0 Å².